The second kappa shape index (κ2) is 11.1. The molecule has 6 heteroatoms. The molecule has 10 unspecified atom stereocenters. The Morgan fingerprint density at radius 1 is 1.16 bits per heavy atom. The van der Waals surface area contributed by atoms with Crippen molar-refractivity contribution >= 4 is 11.9 Å². The highest BCUT2D eigenvalue weighted by Gasteiger charge is 2.66. The summed E-state index contributed by atoms with van der Waals surface area (Å²) >= 11 is 0. The van der Waals surface area contributed by atoms with Crippen LogP contribution in [0.5, 0.6) is 0 Å². The monoisotopic (exact) mass is 530 g/mol. The van der Waals surface area contributed by atoms with Crippen molar-refractivity contribution in [2.75, 3.05) is 6.61 Å². The van der Waals surface area contributed by atoms with Crippen LogP contribution in [0.1, 0.15) is 92.9 Å². The maximum Gasteiger partial charge on any atom is 0.302 e. The number of rotatable bonds is 8. The maximum absolute atomic E-state index is 12.5. The van der Waals surface area contributed by atoms with Gasteiger partial charge in [-0.15, -0.1) is 0 Å². The van der Waals surface area contributed by atoms with Gasteiger partial charge in [-0.3, -0.25) is 9.59 Å². The minimum Gasteiger partial charge on any atom is -0.465 e. The zero-order valence-corrected chi connectivity index (χ0v) is 24.4. The Hall–Kier alpha value is -1.66. The van der Waals surface area contributed by atoms with Crippen molar-refractivity contribution in [1.82, 2.24) is 0 Å². The van der Waals surface area contributed by atoms with E-state index in [0.29, 0.717) is 49.5 Å². The van der Waals surface area contributed by atoms with E-state index in [9.17, 15) is 19.8 Å². The number of carbonyl (C=O) groups is 2. The number of ether oxygens (including phenoxy) is 2. The SMILES string of the molecule is C=C(CCC(C)C1CCC2C3CC=C4CC(O)CC(O)C4(C)C3C(OC(C)=O)CC12COC(C)=O)C(C)C. The Kier molecular flexibility index (Phi) is 8.55. The molecule has 214 valence electrons. The molecule has 0 aromatic carbocycles. The van der Waals surface area contributed by atoms with Gasteiger partial charge < -0.3 is 19.7 Å². The van der Waals surface area contributed by atoms with Gasteiger partial charge >= 0.3 is 11.9 Å². The lowest BCUT2D eigenvalue weighted by Crippen LogP contribution is -2.62. The third-order valence-electron chi connectivity index (χ3n) is 11.2. The average Bonchev–Trinajstić information content (AvgIpc) is 3.20. The van der Waals surface area contributed by atoms with Gasteiger partial charge in [0.25, 0.3) is 0 Å². The van der Waals surface area contributed by atoms with E-state index in [1.54, 1.807) is 0 Å². The number of carbonyl (C=O) groups excluding carboxylic acids is 2. The number of hydrogen-bond acceptors (Lipinski definition) is 6. The first-order valence-electron chi connectivity index (χ1n) is 14.8. The molecule has 38 heavy (non-hydrogen) atoms. The van der Waals surface area contributed by atoms with E-state index in [1.165, 1.54) is 19.4 Å². The zero-order valence-electron chi connectivity index (χ0n) is 24.4. The Bertz CT molecular complexity index is 954. The van der Waals surface area contributed by atoms with Gasteiger partial charge in [0.15, 0.2) is 0 Å². The lowest BCUT2D eigenvalue weighted by molar-refractivity contribution is -0.198. The summed E-state index contributed by atoms with van der Waals surface area (Å²) in [6.45, 7) is 16.4. The van der Waals surface area contributed by atoms with E-state index in [-0.39, 0.29) is 35.3 Å². The lowest BCUT2D eigenvalue weighted by atomic mass is 9.45. The van der Waals surface area contributed by atoms with Gasteiger partial charge in [0.05, 0.1) is 18.8 Å². The van der Waals surface area contributed by atoms with Gasteiger partial charge in [0.2, 0.25) is 0 Å². The van der Waals surface area contributed by atoms with Gasteiger partial charge in [-0.25, -0.2) is 0 Å². The molecule has 0 amide bonds. The Morgan fingerprint density at radius 2 is 1.87 bits per heavy atom. The molecular formula is C32H50O6. The summed E-state index contributed by atoms with van der Waals surface area (Å²) in [5.41, 5.74) is 1.55. The summed E-state index contributed by atoms with van der Waals surface area (Å²) in [6.07, 6.45) is 7.17. The summed E-state index contributed by atoms with van der Waals surface area (Å²) in [7, 11) is 0. The third-order valence-corrected chi connectivity index (χ3v) is 11.2. The van der Waals surface area contributed by atoms with Crippen molar-refractivity contribution in [2.24, 2.45) is 46.3 Å². The molecule has 0 heterocycles. The standard InChI is InChI=1S/C32H50O6/c1-18(2)19(3)8-9-20(4)26-12-13-27-25-11-10-23-14-24(35)15-29(36)31(23,7)30(25)28(38-22(6)34)16-32(26,27)17-37-21(5)33/h10,18,20,24-30,35-36H,3,8-9,11-17H2,1-2,4-7H3. The molecule has 10 atom stereocenters. The summed E-state index contributed by atoms with van der Waals surface area (Å²) in [6, 6.07) is 0. The fourth-order valence-corrected chi connectivity index (χ4v) is 9.20. The van der Waals surface area contributed by atoms with Crippen LogP contribution in [-0.2, 0) is 19.1 Å². The zero-order chi connectivity index (χ0) is 28.0. The quantitative estimate of drug-likeness (QED) is 0.313. The van der Waals surface area contributed by atoms with Crippen molar-refractivity contribution < 1.29 is 29.3 Å². The normalized spacial score (nSPS) is 40.9. The molecule has 0 spiro atoms. The smallest absolute Gasteiger partial charge is 0.302 e. The first kappa shape index (κ1) is 29.3. The topological polar surface area (TPSA) is 93.1 Å². The second-order valence-electron chi connectivity index (χ2n) is 13.5. The molecule has 3 fully saturated rings. The minimum absolute atomic E-state index is 0.0286. The van der Waals surface area contributed by atoms with E-state index in [0.717, 1.165) is 37.7 Å². The van der Waals surface area contributed by atoms with Crippen molar-refractivity contribution in [2.45, 2.75) is 111 Å². The van der Waals surface area contributed by atoms with Gasteiger partial charge in [0.1, 0.15) is 6.10 Å². The predicted octanol–water partition coefficient (Wildman–Crippen LogP) is 5.61. The minimum atomic E-state index is -0.692. The lowest BCUT2D eigenvalue weighted by Gasteiger charge is -2.61. The fourth-order valence-electron chi connectivity index (χ4n) is 9.20. The van der Waals surface area contributed by atoms with Crippen LogP contribution in [0.15, 0.2) is 23.8 Å². The highest BCUT2D eigenvalue weighted by atomic mass is 16.5. The number of esters is 2. The van der Waals surface area contributed by atoms with Crippen LogP contribution in [0.3, 0.4) is 0 Å². The molecule has 4 aliphatic carbocycles. The second-order valence-corrected chi connectivity index (χ2v) is 13.5. The van der Waals surface area contributed by atoms with Crippen LogP contribution in [-0.4, -0.2) is 47.1 Å². The average molecular weight is 531 g/mol. The number of hydrogen-bond donors (Lipinski definition) is 2. The van der Waals surface area contributed by atoms with Crippen LogP contribution >= 0.6 is 0 Å². The number of aliphatic hydroxyl groups is 2. The number of fused-ring (bicyclic) bond motifs is 5. The first-order valence-corrected chi connectivity index (χ1v) is 14.8. The predicted molar refractivity (Wildman–Crippen MR) is 147 cm³/mol. The summed E-state index contributed by atoms with van der Waals surface area (Å²) < 4.78 is 12.0. The maximum atomic E-state index is 12.5. The van der Waals surface area contributed by atoms with E-state index < -0.39 is 17.6 Å². The molecule has 2 N–H and O–H groups in total. The number of aliphatic hydroxyl groups excluding tert-OH is 2. The van der Waals surface area contributed by atoms with Gasteiger partial charge in [-0.05, 0) is 74.5 Å². The van der Waals surface area contributed by atoms with E-state index in [4.69, 9.17) is 9.47 Å². The number of allylic oxidation sites excluding steroid dienone is 2. The van der Waals surface area contributed by atoms with Crippen LogP contribution in [0.2, 0.25) is 0 Å². The van der Waals surface area contributed by atoms with Crippen molar-refractivity contribution in [1.29, 1.82) is 0 Å². The van der Waals surface area contributed by atoms with Crippen molar-refractivity contribution in [3.8, 4) is 0 Å². The molecule has 3 saturated carbocycles. The molecule has 0 radical (unpaired) electrons. The van der Waals surface area contributed by atoms with Gasteiger partial charge in [-0.2, -0.15) is 0 Å². The van der Waals surface area contributed by atoms with Gasteiger partial charge in [0, 0.05) is 37.0 Å². The fraction of sp³-hybridized carbons (Fsp3) is 0.812. The highest BCUT2D eigenvalue weighted by molar-refractivity contribution is 5.66. The Morgan fingerprint density at radius 3 is 2.50 bits per heavy atom. The third kappa shape index (κ3) is 5.12. The molecule has 0 saturated heterocycles. The van der Waals surface area contributed by atoms with E-state index in [1.807, 2.05) is 0 Å². The van der Waals surface area contributed by atoms with Crippen molar-refractivity contribution in [3.63, 3.8) is 0 Å². The highest BCUT2D eigenvalue weighted by Crippen LogP contribution is 2.68. The summed E-state index contributed by atoms with van der Waals surface area (Å²) in [5.74, 6) is 1.14. The van der Waals surface area contributed by atoms with Crippen LogP contribution < -0.4 is 0 Å². The van der Waals surface area contributed by atoms with E-state index >= 15 is 0 Å². The van der Waals surface area contributed by atoms with Gasteiger partial charge in [-0.1, -0.05) is 51.5 Å². The summed E-state index contributed by atoms with van der Waals surface area (Å²) in [5, 5.41) is 21.8. The molecular weight excluding hydrogens is 480 g/mol. The summed E-state index contributed by atoms with van der Waals surface area (Å²) in [4.78, 5) is 24.6. The van der Waals surface area contributed by atoms with Crippen LogP contribution in [0.25, 0.3) is 0 Å². The molecule has 0 aromatic heterocycles. The van der Waals surface area contributed by atoms with Crippen molar-refractivity contribution in [3.05, 3.63) is 23.8 Å². The van der Waals surface area contributed by atoms with Crippen LogP contribution in [0.4, 0.5) is 0 Å². The van der Waals surface area contributed by atoms with E-state index in [2.05, 4.69) is 40.3 Å². The molecule has 0 aromatic rings. The Balaban J connectivity index is 1.74. The largest absolute Gasteiger partial charge is 0.465 e. The molecule has 6 nitrogen and oxygen atoms in total. The molecule has 4 aliphatic rings. The molecule has 0 aliphatic heterocycles. The van der Waals surface area contributed by atoms with Crippen LogP contribution in [0, 0.1) is 46.3 Å². The first-order chi connectivity index (χ1) is 17.8. The molecule has 4 rings (SSSR count). The Labute approximate surface area is 229 Å². The molecule has 0 bridgehead atoms.